The van der Waals surface area contributed by atoms with Gasteiger partial charge in [-0.15, -0.1) is 0 Å². The minimum absolute atomic E-state index is 0.166. The summed E-state index contributed by atoms with van der Waals surface area (Å²) in [5.74, 6) is 0. The number of fused-ring (bicyclic) bond motifs is 9. The first-order chi connectivity index (χ1) is 26.7. The van der Waals surface area contributed by atoms with Crippen LogP contribution < -0.4 is 0 Å². The van der Waals surface area contributed by atoms with Crippen molar-refractivity contribution in [2.45, 2.75) is 0 Å². The van der Waals surface area contributed by atoms with E-state index in [1.54, 1.807) is 24.3 Å². The van der Waals surface area contributed by atoms with Gasteiger partial charge in [-0.3, -0.25) is 0 Å². The van der Waals surface area contributed by atoms with Crippen LogP contribution in [0.1, 0.15) is 11.0 Å². The molecule has 0 unspecified atom stereocenters. The third-order valence-corrected chi connectivity index (χ3v) is 9.28. The molecule has 218 valence electrons. The lowest BCUT2D eigenvalue weighted by Gasteiger charge is -2.19. The van der Waals surface area contributed by atoms with Crippen LogP contribution in [0.25, 0.3) is 98.4 Å². The molecule has 0 atom stereocenters. The molecule has 0 saturated carbocycles. The summed E-state index contributed by atoms with van der Waals surface area (Å²) in [6.07, 6.45) is 0. The zero-order valence-electron chi connectivity index (χ0n) is 33.0. The molecule has 0 spiro atoms. The van der Waals surface area contributed by atoms with Gasteiger partial charge in [0.25, 0.3) is 0 Å². The summed E-state index contributed by atoms with van der Waals surface area (Å²) in [4.78, 5) is 0. The molecule has 0 saturated heterocycles. The fourth-order valence-corrected chi connectivity index (χ4v) is 7.35. The molecule has 0 aliphatic rings. The molecule has 0 fully saturated rings. The van der Waals surface area contributed by atoms with Gasteiger partial charge in [0.1, 0.15) is 11.2 Å². The summed E-state index contributed by atoms with van der Waals surface area (Å²) in [6, 6.07) is 36.2. The maximum atomic E-state index is 9.42. The summed E-state index contributed by atoms with van der Waals surface area (Å²) in [5, 5.41) is 6.16. The average molecular weight is 605 g/mol. The van der Waals surface area contributed by atoms with Gasteiger partial charge < -0.3 is 4.42 Å². The second-order valence-corrected chi connectivity index (χ2v) is 11.8. The zero-order chi connectivity index (χ0) is 37.9. The lowest BCUT2D eigenvalue weighted by molar-refractivity contribution is 0.670. The largest absolute Gasteiger partial charge is 0.456 e. The van der Waals surface area contributed by atoms with Gasteiger partial charge in [0.2, 0.25) is 0 Å². The number of hydrogen-bond acceptors (Lipinski definition) is 1. The Kier molecular flexibility index (Phi) is 4.19. The Morgan fingerprint density at radius 3 is 1.30 bits per heavy atom. The van der Waals surface area contributed by atoms with Crippen LogP contribution in [0, 0.1) is 0 Å². The molecule has 10 rings (SSSR count). The van der Waals surface area contributed by atoms with Crippen molar-refractivity contribution in [2.24, 2.45) is 0 Å². The minimum atomic E-state index is -0.438. The van der Waals surface area contributed by atoms with E-state index >= 15 is 0 Å². The predicted molar refractivity (Wildman–Crippen MR) is 200 cm³/mol. The standard InChI is InChI=1S/C46H28O/c1-3-15-29(16-4-1)39-27-41-45(33-21-9-7-19-31(33)39)46-34-22-10-8-20-32(34)40(28-42(46)47-41)44-37-25-13-11-23-35(37)43(30-17-5-2-6-18-30)36-24-12-14-26-38(36)44/h1-28H/i11D,12D,13D,14D,23D,24D,25D,26D. The zero-order valence-corrected chi connectivity index (χ0v) is 25.0. The van der Waals surface area contributed by atoms with E-state index in [1.807, 2.05) is 66.7 Å². The van der Waals surface area contributed by atoms with Crippen LogP contribution in [-0.4, -0.2) is 0 Å². The lowest BCUT2D eigenvalue weighted by Crippen LogP contribution is -1.91. The molecule has 0 radical (unpaired) electrons. The molecule has 9 aromatic carbocycles. The van der Waals surface area contributed by atoms with E-state index in [1.165, 1.54) is 0 Å². The first-order valence-electron chi connectivity index (χ1n) is 19.5. The third-order valence-electron chi connectivity index (χ3n) is 9.28. The Balaban J connectivity index is 1.46. The van der Waals surface area contributed by atoms with Gasteiger partial charge in [-0.2, -0.15) is 0 Å². The van der Waals surface area contributed by atoms with Crippen LogP contribution in [-0.2, 0) is 0 Å². The molecule has 1 aromatic heterocycles. The Hall–Kier alpha value is -6.18. The quantitative estimate of drug-likeness (QED) is 0.183. The monoisotopic (exact) mass is 604 g/mol. The van der Waals surface area contributed by atoms with Gasteiger partial charge in [0, 0.05) is 10.8 Å². The smallest absolute Gasteiger partial charge is 0.136 e. The average Bonchev–Trinajstić information content (AvgIpc) is 3.61. The van der Waals surface area contributed by atoms with Crippen LogP contribution in [0.4, 0.5) is 0 Å². The van der Waals surface area contributed by atoms with Gasteiger partial charge in [0.05, 0.1) is 11.0 Å². The summed E-state index contributed by atoms with van der Waals surface area (Å²) in [6.45, 7) is 0. The first-order valence-corrected chi connectivity index (χ1v) is 15.5. The van der Waals surface area contributed by atoms with Crippen LogP contribution in [0.3, 0.4) is 0 Å². The molecular formula is C46H28O. The van der Waals surface area contributed by atoms with Crippen LogP contribution in [0.5, 0.6) is 0 Å². The van der Waals surface area contributed by atoms with E-state index in [0.717, 1.165) is 43.4 Å². The molecule has 47 heavy (non-hydrogen) atoms. The van der Waals surface area contributed by atoms with Crippen molar-refractivity contribution >= 4 is 65.0 Å². The summed E-state index contributed by atoms with van der Waals surface area (Å²) in [5.41, 5.74) is 4.98. The Labute approximate surface area is 283 Å². The van der Waals surface area contributed by atoms with Gasteiger partial charge >= 0.3 is 0 Å². The molecule has 0 aliphatic heterocycles. The highest BCUT2D eigenvalue weighted by Crippen LogP contribution is 2.49. The van der Waals surface area contributed by atoms with Crippen molar-refractivity contribution < 1.29 is 15.4 Å². The van der Waals surface area contributed by atoms with Gasteiger partial charge in [-0.25, -0.2) is 0 Å². The Morgan fingerprint density at radius 2 is 0.766 bits per heavy atom. The normalized spacial score (nSPS) is 14.2. The Bertz CT molecular complexity index is 3200. The molecule has 0 aliphatic carbocycles. The van der Waals surface area contributed by atoms with E-state index < -0.39 is 24.2 Å². The fourth-order valence-electron chi connectivity index (χ4n) is 7.35. The van der Waals surface area contributed by atoms with Gasteiger partial charge in [-0.05, 0) is 88.6 Å². The second kappa shape index (κ2) is 10.2. The molecule has 1 heteroatoms. The fraction of sp³-hybridized carbons (Fsp3) is 0. The molecule has 1 heterocycles. The summed E-state index contributed by atoms with van der Waals surface area (Å²) in [7, 11) is 0. The number of furan rings is 1. The molecule has 1 nitrogen and oxygen atoms in total. The molecule has 10 aromatic rings. The van der Waals surface area contributed by atoms with Crippen molar-refractivity contribution in [3.8, 4) is 33.4 Å². The number of hydrogen-bond donors (Lipinski definition) is 0. The van der Waals surface area contributed by atoms with E-state index in [0.29, 0.717) is 27.9 Å². The van der Waals surface area contributed by atoms with Crippen molar-refractivity contribution in [3.63, 3.8) is 0 Å². The van der Waals surface area contributed by atoms with Gasteiger partial charge in [-0.1, -0.05) is 158 Å². The SMILES string of the molecule is [2H]c1c([2H])c([2H])c2c(-c3cc4oc5cc(-c6ccccc6)c6ccccc6c5c4c4ccccc34)c3c([2H])c([2H])c([2H])c([2H])c3c(-c3ccccc3)c2c1[2H]. The third kappa shape index (κ3) is 3.84. The predicted octanol–water partition coefficient (Wildman–Crippen LogP) is 13.2. The maximum absolute atomic E-state index is 9.42. The molecule has 0 N–H and O–H groups in total. The summed E-state index contributed by atoms with van der Waals surface area (Å²) >= 11 is 0. The van der Waals surface area contributed by atoms with E-state index in [2.05, 4.69) is 30.3 Å². The summed E-state index contributed by atoms with van der Waals surface area (Å²) < 4.78 is 79.5. The highest BCUT2D eigenvalue weighted by Gasteiger charge is 2.22. The number of rotatable bonds is 3. The topological polar surface area (TPSA) is 13.1 Å². The van der Waals surface area contributed by atoms with Crippen LogP contribution in [0.2, 0.25) is 0 Å². The van der Waals surface area contributed by atoms with Crippen molar-refractivity contribution in [1.82, 2.24) is 0 Å². The van der Waals surface area contributed by atoms with Crippen molar-refractivity contribution in [1.29, 1.82) is 0 Å². The molecule has 0 bridgehead atoms. The molecular weight excluding hydrogens is 569 g/mol. The maximum Gasteiger partial charge on any atom is 0.136 e. The van der Waals surface area contributed by atoms with E-state index in [9.17, 15) is 5.48 Å². The van der Waals surface area contributed by atoms with Crippen molar-refractivity contribution in [2.75, 3.05) is 0 Å². The van der Waals surface area contributed by atoms with Crippen LogP contribution in [0.15, 0.2) is 174 Å². The van der Waals surface area contributed by atoms with E-state index in [-0.39, 0.29) is 51.3 Å². The van der Waals surface area contributed by atoms with Crippen LogP contribution >= 0.6 is 0 Å². The second-order valence-electron chi connectivity index (χ2n) is 11.8. The highest BCUT2D eigenvalue weighted by molar-refractivity contribution is 6.32. The number of benzene rings is 9. The first kappa shape index (κ1) is 19.4. The van der Waals surface area contributed by atoms with Gasteiger partial charge in [0.15, 0.2) is 0 Å². The minimum Gasteiger partial charge on any atom is -0.456 e. The molecule has 0 amide bonds. The Morgan fingerprint density at radius 1 is 0.362 bits per heavy atom. The van der Waals surface area contributed by atoms with E-state index in [4.69, 9.17) is 9.90 Å². The highest BCUT2D eigenvalue weighted by atomic mass is 16.3. The van der Waals surface area contributed by atoms with Crippen molar-refractivity contribution in [3.05, 3.63) is 170 Å². The lowest BCUT2D eigenvalue weighted by atomic mass is 9.84.